The zero-order valence-electron chi connectivity index (χ0n) is 6.17. The number of carbonyl (C=O) groups is 1. The van der Waals surface area contributed by atoms with Crippen molar-refractivity contribution < 1.29 is 27.1 Å². The van der Waals surface area contributed by atoms with Crippen LogP contribution in [0.4, 0.5) is 13.2 Å². The average molecular weight is 195 g/mol. The lowest BCUT2D eigenvalue weighted by Gasteiger charge is -2.05. The monoisotopic (exact) mass is 195 g/mol. The highest BCUT2D eigenvalue weighted by Gasteiger charge is 2.30. The molecule has 0 saturated heterocycles. The maximum atomic E-state index is 11.5. The van der Waals surface area contributed by atoms with Crippen molar-refractivity contribution >= 4 is 5.97 Å². The van der Waals surface area contributed by atoms with E-state index in [1.165, 1.54) is 0 Å². The molecule has 0 aliphatic rings. The first-order valence-electron chi connectivity index (χ1n) is 3.11. The quantitative estimate of drug-likeness (QED) is 0.669. The van der Waals surface area contributed by atoms with Crippen molar-refractivity contribution in [3.63, 3.8) is 0 Å². The van der Waals surface area contributed by atoms with Crippen molar-refractivity contribution in [1.29, 1.82) is 0 Å². The Kier molecular flexibility index (Phi) is 2.54. The van der Waals surface area contributed by atoms with E-state index in [1.54, 1.807) is 0 Å². The Morgan fingerprint density at radius 1 is 1.62 bits per heavy atom. The molecule has 0 aliphatic heterocycles. The first-order valence-corrected chi connectivity index (χ1v) is 3.11. The van der Waals surface area contributed by atoms with E-state index in [-0.39, 0.29) is 5.69 Å². The van der Waals surface area contributed by atoms with Gasteiger partial charge in [0, 0.05) is 0 Å². The van der Waals surface area contributed by atoms with Crippen molar-refractivity contribution in [3.8, 4) is 0 Å². The summed E-state index contributed by atoms with van der Waals surface area (Å²) in [4.78, 5) is 14.0. The zero-order valence-corrected chi connectivity index (χ0v) is 6.17. The van der Waals surface area contributed by atoms with Crippen molar-refractivity contribution in [1.82, 2.24) is 4.98 Å². The summed E-state index contributed by atoms with van der Waals surface area (Å²) >= 11 is 0. The smallest absolute Gasteiger partial charge is 0.422 e. The minimum Gasteiger partial charge on any atom is -0.451 e. The summed E-state index contributed by atoms with van der Waals surface area (Å²) in [6, 6.07) is 0. The Labute approximate surface area is 70.3 Å². The van der Waals surface area contributed by atoms with E-state index in [0.717, 1.165) is 12.7 Å². The van der Waals surface area contributed by atoms with E-state index in [2.05, 4.69) is 14.1 Å². The summed E-state index contributed by atoms with van der Waals surface area (Å²) < 4.78 is 42.8. The van der Waals surface area contributed by atoms with Crippen LogP contribution >= 0.6 is 0 Å². The molecular formula is C6H4F3NO3. The molecule has 1 rings (SSSR count). The van der Waals surface area contributed by atoms with Crippen LogP contribution < -0.4 is 0 Å². The second-order valence-electron chi connectivity index (χ2n) is 2.06. The molecule has 0 spiro atoms. The molecule has 72 valence electrons. The molecule has 0 aliphatic carbocycles. The highest BCUT2D eigenvalue weighted by atomic mass is 19.4. The van der Waals surface area contributed by atoms with Gasteiger partial charge in [-0.1, -0.05) is 0 Å². The van der Waals surface area contributed by atoms with Crippen LogP contribution in [0.3, 0.4) is 0 Å². The molecule has 0 aromatic carbocycles. The molecule has 1 aromatic rings. The van der Waals surface area contributed by atoms with Gasteiger partial charge in [0.2, 0.25) is 0 Å². The maximum absolute atomic E-state index is 11.5. The van der Waals surface area contributed by atoms with E-state index < -0.39 is 18.8 Å². The number of esters is 1. The Morgan fingerprint density at radius 3 is 2.77 bits per heavy atom. The van der Waals surface area contributed by atoms with E-state index >= 15 is 0 Å². The second kappa shape index (κ2) is 3.46. The molecule has 4 nitrogen and oxygen atoms in total. The molecule has 0 saturated carbocycles. The van der Waals surface area contributed by atoms with E-state index in [9.17, 15) is 18.0 Å². The lowest BCUT2D eigenvalue weighted by atomic mass is 10.5. The summed E-state index contributed by atoms with van der Waals surface area (Å²) in [6.45, 7) is -1.63. The maximum Gasteiger partial charge on any atom is 0.422 e. The van der Waals surface area contributed by atoms with Gasteiger partial charge in [0.05, 0.1) is 0 Å². The molecule has 0 atom stereocenters. The molecule has 7 heteroatoms. The third-order valence-corrected chi connectivity index (χ3v) is 1.01. The van der Waals surface area contributed by atoms with E-state index in [0.29, 0.717) is 0 Å². The van der Waals surface area contributed by atoms with Crippen molar-refractivity contribution in [2.24, 2.45) is 0 Å². The van der Waals surface area contributed by atoms with Gasteiger partial charge in [0.1, 0.15) is 6.26 Å². The Hall–Kier alpha value is -1.53. The predicted molar refractivity (Wildman–Crippen MR) is 32.8 cm³/mol. The zero-order chi connectivity index (χ0) is 9.90. The lowest BCUT2D eigenvalue weighted by molar-refractivity contribution is -0.161. The van der Waals surface area contributed by atoms with Gasteiger partial charge in [0.15, 0.2) is 18.7 Å². The van der Waals surface area contributed by atoms with Gasteiger partial charge in [-0.2, -0.15) is 13.2 Å². The molecule has 1 heterocycles. The highest BCUT2D eigenvalue weighted by Crippen LogP contribution is 2.15. The van der Waals surface area contributed by atoms with Crippen LogP contribution in [0, 0.1) is 0 Å². The van der Waals surface area contributed by atoms with Gasteiger partial charge in [-0.05, 0) is 0 Å². The minimum atomic E-state index is -4.53. The van der Waals surface area contributed by atoms with Gasteiger partial charge in [0.25, 0.3) is 0 Å². The minimum absolute atomic E-state index is 0.288. The molecule has 0 amide bonds. The fourth-order valence-electron chi connectivity index (χ4n) is 0.535. The summed E-state index contributed by atoms with van der Waals surface area (Å²) in [7, 11) is 0. The molecule has 0 bridgehead atoms. The van der Waals surface area contributed by atoms with Crippen LogP contribution in [-0.4, -0.2) is 23.7 Å². The van der Waals surface area contributed by atoms with Gasteiger partial charge in [-0.25, -0.2) is 9.78 Å². The molecule has 0 unspecified atom stereocenters. The fraction of sp³-hybridized carbons (Fsp3) is 0.333. The number of ether oxygens (including phenoxy) is 1. The van der Waals surface area contributed by atoms with Crippen molar-refractivity contribution in [3.05, 3.63) is 18.4 Å². The normalized spacial score (nSPS) is 11.3. The van der Waals surface area contributed by atoms with Crippen molar-refractivity contribution in [2.45, 2.75) is 6.18 Å². The van der Waals surface area contributed by atoms with Gasteiger partial charge < -0.3 is 9.15 Å². The van der Waals surface area contributed by atoms with E-state index in [4.69, 9.17) is 0 Å². The number of halogens is 3. The third kappa shape index (κ3) is 3.14. The predicted octanol–water partition coefficient (Wildman–Crippen LogP) is 1.39. The molecule has 0 N–H and O–H groups in total. The van der Waals surface area contributed by atoms with Gasteiger partial charge in [-0.3, -0.25) is 0 Å². The SMILES string of the molecule is O=C(OCC(F)(F)F)c1cocn1. The van der Waals surface area contributed by atoms with E-state index in [1.807, 2.05) is 0 Å². The molecular weight excluding hydrogens is 191 g/mol. The number of hydrogen-bond donors (Lipinski definition) is 0. The Bertz CT molecular complexity index is 280. The van der Waals surface area contributed by atoms with Crippen molar-refractivity contribution in [2.75, 3.05) is 6.61 Å². The second-order valence-corrected chi connectivity index (χ2v) is 2.06. The topological polar surface area (TPSA) is 52.3 Å². The van der Waals surface area contributed by atoms with Crippen LogP contribution in [0.2, 0.25) is 0 Å². The number of rotatable bonds is 2. The first-order chi connectivity index (χ1) is 5.99. The number of nitrogens with zero attached hydrogens (tertiary/aromatic N) is 1. The van der Waals surface area contributed by atoms with Gasteiger partial charge in [-0.15, -0.1) is 0 Å². The number of hydrogen-bond acceptors (Lipinski definition) is 4. The largest absolute Gasteiger partial charge is 0.451 e. The number of alkyl halides is 3. The highest BCUT2D eigenvalue weighted by molar-refractivity contribution is 5.86. The Morgan fingerprint density at radius 2 is 2.31 bits per heavy atom. The molecule has 13 heavy (non-hydrogen) atoms. The van der Waals surface area contributed by atoms with Crippen LogP contribution in [0.25, 0.3) is 0 Å². The van der Waals surface area contributed by atoms with Crippen LogP contribution in [-0.2, 0) is 4.74 Å². The van der Waals surface area contributed by atoms with Crippen LogP contribution in [0.1, 0.15) is 10.5 Å². The van der Waals surface area contributed by atoms with Gasteiger partial charge >= 0.3 is 12.1 Å². The fourth-order valence-corrected chi connectivity index (χ4v) is 0.535. The number of aromatic nitrogens is 1. The summed E-state index contributed by atoms with van der Waals surface area (Å²) in [5, 5.41) is 0. The average Bonchev–Trinajstić information content (AvgIpc) is 2.50. The molecule has 0 fully saturated rings. The van der Waals surface area contributed by atoms with Crippen LogP contribution in [0.5, 0.6) is 0 Å². The first kappa shape index (κ1) is 9.56. The van der Waals surface area contributed by atoms with Crippen LogP contribution in [0.15, 0.2) is 17.1 Å². The summed E-state index contributed by atoms with van der Waals surface area (Å²) in [5.74, 6) is -1.16. The summed E-state index contributed by atoms with van der Waals surface area (Å²) in [5.41, 5.74) is -0.288. The third-order valence-electron chi connectivity index (χ3n) is 1.01. The number of oxazole rings is 1. The standard InChI is InChI=1S/C6H4F3NO3/c7-6(8,9)2-13-5(11)4-1-12-3-10-4/h1,3H,2H2. The Balaban J connectivity index is 2.44. The molecule has 1 aromatic heterocycles. The molecule has 0 radical (unpaired) electrons. The number of carbonyl (C=O) groups excluding carboxylic acids is 1. The summed E-state index contributed by atoms with van der Waals surface area (Å²) in [6.07, 6.45) is -2.71. The lowest BCUT2D eigenvalue weighted by Crippen LogP contribution is -2.20.